The van der Waals surface area contributed by atoms with Crippen molar-refractivity contribution in [2.45, 2.75) is 37.5 Å². The molecule has 31 heavy (non-hydrogen) atoms. The van der Waals surface area contributed by atoms with E-state index in [1.165, 1.54) is 19.1 Å². The van der Waals surface area contributed by atoms with E-state index in [0.29, 0.717) is 12.8 Å². The minimum absolute atomic E-state index is 0.265. The summed E-state index contributed by atoms with van der Waals surface area (Å²) in [4.78, 5) is 38.9. The largest absolute Gasteiger partial charge is 0.416 e. The lowest BCUT2D eigenvalue weighted by Gasteiger charge is -2.22. The van der Waals surface area contributed by atoms with Gasteiger partial charge in [0, 0.05) is 0 Å². The van der Waals surface area contributed by atoms with Crippen LogP contribution in [0.4, 0.5) is 18.0 Å². The van der Waals surface area contributed by atoms with Gasteiger partial charge in [0.2, 0.25) is 5.91 Å². The molecule has 0 radical (unpaired) electrons. The van der Waals surface area contributed by atoms with Crippen LogP contribution in [0.1, 0.15) is 41.6 Å². The Morgan fingerprint density at radius 2 is 1.94 bits per heavy atom. The number of carbonyl (C=O) groups is 3. The van der Waals surface area contributed by atoms with Crippen LogP contribution in [0.3, 0.4) is 0 Å². The number of urea groups is 1. The van der Waals surface area contributed by atoms with Crippen LogP contribution in [0.25, 0.3) is 0 Å². The molecule has 162 valence electrons. The highest BCUT2D eigenvalue weighted by Crippen LogP contribution is 2.41. The van der Waals surface area contributed by atoms with E-state index in [9.17, 15) is 27.6 Å². The van der Waals surface area contributed by atoms with Gasteiger partial charge in [0.1, 0.15) is 12.1 Å². The number of carbonyl (C=O) groups excluding carboxylic acids is 3. The molecule has 0 bridgehead atoms. The summed E-state index contributed by atoms with van der Waals surface area (Å²) in [6.45, 7) is 1.02. The normalized spacial score (nSPS) is 21.2. The highest BCUT2D eigenvalue weighted by molar-refractivity contribution is 6.09. The molecule has 4 rings (SSSR count). The predicted octanol–water partition coefficient (Wildman–Crippen LogP) is 3.28. The second-order valence-corrected chi connectivity index (χ2v) is 7.80. The van der Waals surface area contributed by atoms with Gasteiger partial charge in [-0.2, -0.15) is 13.2 Å². The fourth-order valence-electron chi connectivity index (χ4n) is 4.23. The average molecular weight is 431 g/mol. The van der Waals surface area contributed by atoms with E-state index < -0.39 is 47.7 Å². The van der Waals surface area contributed by atoms with Crippen molar-refractivity contribution < 1.29 is 27.6 Å². The highest BCUT2D eigenvalue weighted by Gasteiger charge is 2.55. The zero-order valence-electron chi connectivity index (χ0n) is 16.6. The van der Waals surface area contributed by atoms with Crippen molar-refractivity contribution in [2.24, 2.45) is 0 Å². The van der Waals surface area contributed by atoms with E-state index in [2.05, 4.69) is 10.6 Å². The summed E-state index contributed by atoms with van der Waals surface area (Å²) in [6, 6.07) is 10.6. The maximum absolute atomic E-state index is 13.1. The van der Waals surface area contributed by atoms with Crippen LogP contribution >= 0.6 is 0 Å². The van der Waals surface area contributed by atoms with Crippen molar-refractivity contribution >= 4 is 17.8 Å². The molecule has 1 saturated heterocycles. The van der Waals surface area contributed by atoms with Gasteiger partial charge in [-0.3, -0.25) is 14.5 Å². The molecule has 2 aliphatic rings. The van der Waals surface area contributed by atoms with Gasteiger partial charge < -0.3 is 10.6 Å². The van der Waals surface area contributed by atoms with Crippen molar-refractivity contribution in [1.29, 1.82) is 0 Å². The second-order valence-electron chi connectivity index (χ2n) is 7.80. The van der Waals surface area contributed by atoms with Crippen molar-refractivity contribution in [3.63, 3.8) is 0 Å². The lowest BCUT2D eigenvalue weighted by Crippen LogP contribution is -2.44. The number of aryl methyl sites for hydroxylation is 1. The summed E-state index contributed by atoms with van der Waals surface area (Å²) in [5.41, 5.74) is -0.0153. The van der Waals surface area contributed by atoms with Gasteiger partial charge in [-0.15, -0.1) is 0 Å². The van der Waals surface area contributed by atoms with E-state index in [0.717, 1.165) is 28.2 Å². The van der Waals surface area contributed by atoms with E-state index in [4.69, 9.17) is 0 Å². The third-order valence-corrected chi connectivity index (χ3v) is 5.82. The first kappa shape index (κ1) is 20.9. The summed E-state index contributed by atoms with van der Waals surface area (Å²) in [7, 11) is 0. The first-order valence-electron chi connectivity index (χ1n) is 9.81. The molecule has 2 unspecified atom stereocenters. The Morgan fingerprint density at radius 3 is 2.68 bits per heavy atom. The Balaban J connectivity index is 1.46. The Kier molecular flexibility index (Phi) is 4.99. The molecule has 9 heteroatoms. The van der Waals surface area contributed by atoms with E-state index in [1.54, 1.807) is 12.1 Å². The molecule has 0 saturated carbocycles. The molecule has 1 aliphatic heterocycles. The van der Waals surface area contributed by atoms with Crippen LogP contribution in [-0.2, 0) is 27.7 Å². The zero-order valence-corrected chi connectivity index (χ0v) is 16.6. The topological polar surface area (TPSA) is 78.5 Å². The van der Waals surface area contributed by atoms with Gasteiger partial charge in [-0.05, 0) is 48.6 Å². The first-order chi connectivity index (χ1) is 14.6. The molecule has 1 heterocycles. The smallest absolute Gasteiger partial charge is 0.348 e. The number of benzene rings is 2. The molecule has 4 amide bonds. The quantitative estimate of drug-likeness (QED) is 0.730. The SMILES string of the molecule is CC(NC(=O)CN1C(=O)NC2(CCc3ccccc32)C1=O)c1cccc(C(F)(F)F)c1. The number of amides is 4. The van der Waals surface area contributed by atoms with Gasteiger partial charge in [0.25, 0.3) is 5.91 Å². The lowest BCUT2D eigenvalue weighted by atomic mass is 9.92. The van der Waals surface area contributed by atoms with Crippen molar-refractivity contribution in [3.05, 3.63) is 70.8 Å². The number of hydrogen-bond donors (Lipinski definition) is 2. The third kappa shape index (κ3) is 3.64. The molecular weight excluding hydrogens is 411 g/mol. The fraction of sp³-hybridized carbons (Fsp3) is 0.318. The van der Waals surface area contributed by atoms with Crippen LogP contribution in [0.2, 0.25) is 0 Å². The summed E-state index contributed by atoms with van der Waals surface area (Å²) in [5, 5.41) is 5.29. The average Bonchev–Trinajstić information content (AvgIpc) is 3.21. The molecule has 1 fully saturated rings. The van der Waals surface area contributed by atoms with Crippen LogP contribution < -0.4 is 10.6 Å². The van der Waals surface area contributed by atoms with Crippen LogP contribution in [0.15, 0.2) is 48.5 Å². The van der Waals surface area contributed by atoms with Crippen molar-refractivity contribution in [2.75, 3.05) is 6.54 Å². The van der Waals surface area contributed by atoms with Crippen molar-refractivity contribution in [3.8, 4) is 0 Å². The second kappa shape index (κ2) is 7.40. The fourth-order valence-corrected chi connectivity index (χ4v) is 4.23. The molecule has 1 aliphatic carbocycles. The molecular formula is C22H20F3N3O3. The summed E-state index contributed by atoms with van der Waals surface area (Å²) in [6.07, 6.45) is -3.45. The number of nitrogens with one attached hydrogen (secondary N) is 2. The van der Waals surface area contributed by atoms with Crippen LogP contribution in [0.5, 0.6) is 0 Å². The Hall–Kier alpha value is -3.36. The van der Waals surface area contributed by atoms with Crippen LogP contribution in [0, 0.1) is 0 Å². The molecule has 2 N–H and O–H groups in total. The monoisotopic (exact) mass is 431 g/mol. The number of hydrogen-bond acceptors (Lipinski definition) is 3. The van der Waals surface area contributed by atoms with Crippen molar-refractivity contribution in [1.82, 2.24) is 15.5 Å². The first-order valence-corrected chi connectivity index (χ1v) is 9.81. The van der Waals surface area contributed by atoms with E-state index in [1.807, 2.05) is 12.1 Å². The number of imide groups is 1. The number of halogens is 3. The molecule has 6 nitrogen and oxygen atoms in total. The van der Waals surface area contributed by atoms with Gasteiger partial charge in [-0.1, -0.05) is 36.4 Å². The molecule has 2 aromatic carbocycles. The van der Waals surface area contributed by atoms with Gasteiger partial charge >= 0.3 is 12.2 Å². The van der Waals surface area contributed by atoms with E-state index >= 15 is 0 Å². The minimum Gasteiger partial charge on any atom is -0.348 e. The summed E-state index contributed by atoms with van der Waals surface area (Å²) >= 11 is 0. The maximum Gasteiger partial charge on any atom is 0.416 e. The molecule has 1 spiro atoms. The number of alkyl halides is 3. The molecule has 2 aromatic rings. The van der Waals surface area contributed by atoms with Gasteiger partial charge in [-0.25, -0.2) is 4.79 Å². The van der Waals surface area contributed by atoms with E-state index in [-0.39, 0.29) is 5.56 Å². The number of rotatable bonds is 4. The van der Waals surface area contributed by atoms with Crippen LogP contribution in [-0.4, -0.2) is 29.3 Å². The predicted molar refractivity (Wildman–Crippen MR) is 105 cm³/mol. The maximum atomic E-state index is 13.1. The summed E-state index contributed by atoms with van der Waals surface area (Å²) < 4.78 is 38.8. The highest BCUT2D eigenvalue weighted by atomic mass is 19.4. The van der Waals surface area contributed by atoms with Gasteiger partial charge in [0.15, 0.2) is 0 Å². The Labute approximate surface area is 176 Å². The Bertz CT molecular complexity index is 1070. The minimum atomic E-state index is -4.49. The summed E-state index contributed by atoms with van der Waals surface area (Å²) in [5.74, 6) is -1.14. The number of fused-ring (bicyclic) bond motifs is 2. The van der Waals surface area contributed by atoms with Gasteiger partial charge in [0.05, 0.1) is 11.6 Å². The third-order valence-electron chi connectivity index (χ3n) is 5.82. The zero-order chi connectivity index (χ0) is 22.4. The molecule has 0 aromatic heterocycles. The molecule has 2 atom stereocenters. The lowest BCUT2D eigenvalue weighted by molar-refractivity contribution is -0.137. The standard InChI is InChI=1S/C22H20F3N3O3/c1-13(15-6-4-7-16(11-15)22(23,24)25)26-18(29)12-28-19(30)21(27-20(28)31)10-9-14-5-2-3-8-17(14)21/h2-8,11,13H,9-10,12H2,1H3,(H,26,29)(H,27,31). The Morgan fingerprint density at radius 1 is 1.19 bits per heavy atom. The number of nitrogens with zero attached hydrogens (tertiary/aromatic N) is 1.